The van der Waals surface area contributed by atoms with Crippen molar-refractivity contribution < 1.29 is 9.94 Å². The van der Waals surface area contributed by atoms with Crippen molar-refractivity contribution in [2.75, 3.05) is 6.61 Å². The molecule has 80 valence electrons. The Balaban J connectivity index is 2.81. The molecule has 0 aromatic carbocycles. The largest absolute Gasteiger partial charge is 0.411 e. The summed E-state index contributed by atoms with van der Waals surface area (Å²) >= 11 is 0. The average Bonchev–Trinajstić information content (AvgIpc) is 2.02. The molecule has 0 radical (unpaired) electrons. The minimum atomic E-state index is -0.136. The lowest BCUT2D eigenvalue weighted by Gasteiger charge is -2.42. The zero-order valence-corrected chi connectivity index (χ0v) is 8.99. The van der Waals surface area contributed by atoms with Crippen LogP contribution < -0.4 is 0 Å². The first kappa shape index (κ1) is 11.2. The molecule has 0 saturated carbocycles. The van der Waals surface area contributed by atoms with E-state index >= 15 is 0 Å². The summed E-state index contributed by atoms with van der Waals surface area (Å²) in [4.78, 5) is 0. The third-order valence-corrected chi connectivity index (χ3v) is 2.75. The van der Waals surface area contributed by atoms with Gasteiger partial charge in [0.25, 0.3) is 0 Å². The van der Waals surface area contributed by atoms with Gasteiger partial charge < -0.3 is 9.94 Å². The van der Waals surface area contributed by atoms with Crippen LogP contribution in [0.15, 0.2) is 17.8 Å². The lowest BCUT2D eigenvalue weighted by molar-refractivity contribution is -0.0846. The molecule has 0 aliphatic carbocycles. The monoisotopic (exact) mass is 197 g/mol. The van der Waals surface area contributed by atoms with Crippen LogP contribution in [0, 0.1) is 5.41 Å². The van der Waals surface area contributed by atoms with E-state index in [1.54, 1.807) is 6.21 Å². The van der Waals surface area contributed by atoms with Crippen molar-refractivity contribution in [2.24, 2.45) is 10.6 Å². The average molecular weight is 197 g/mol. The molecule has 0 unspecified atom stereocenters. The maximum absolute atomic E-state index is 8.67. The number of hydrogen-bond acceptors (Lipinski definition) is 3. The van der Waals surface area contributed by atoms with Crippen molar-refractivity contribution in [2.45, 2.75) is 38.7 Å². The number of nitrogens with zero attached hydrogens (tertiary/aromatic N) is 1. The van der Waals surface area contributed by atoms with Gasteiger partial charge in [0.1, 0.15) is 0 Å². The highest BCUT2D eigenvalue weighted by Gasteiger charge is 2.39. The molecule has 3 heteroatoms. The smallest absolute Gasteiger partial charge is 0.0635 e. The number of ether oxygens (including phenoxy) is 1. The molecule has 1 N–H and O–H groups in total. The van der Waals surface area contributed by atoms with Crippen molar-refractivity contribution in [3.05, 3.63) is 12.7 Å². The summed E-state index contributed by atoms with van der Waals surface area (Å²) in [6, 6.07) is 0. The lowest BCUT2D eigenvalue weighted by Crippen LogP contribution is -2.42. The Morgan fingerprint density at radius 2 is 2.29 bits per heavy atom. The number of allylic oxidation sites excluding steroid dienone is 1. The van der Waals surface area contributed by atoms with Crippen molar-refractivity contribution in [3.63, 3.8) is 0 Å². The van der Waals surface area contributed by atoms with Crippen LogP contribution in [0.5, 0.6) is 0 Å². The van der Waals surface area contributed by atoms with Crippen LogP contribution in [-0.4, -0.2) is 23.6 Å². The molecule has 0 amide bonds. The summed E-state index contributed by atoms with van der Waals surface area (Å²) in [6.07, 6.45) is 6.12. The second kappa shape index (κ2) is 4.13. The summed E-state index contributed by atoms with van der Waals surface area (Å²) in [6.45, 7) is 8.59. The van der Waals surface area contributed by atoms with E-state index in [-0.39, 0.29) is 11.0 Å². The van der Waals surface area contributed by atoms with Gasteiger partial charge in [-0.3, -0.25) is 0 Å². The second-order valence-corrected chi connectivity index (χ2v) is 4.63. The molecular formula is C11H19NO2. The Morgan fingerprint density at radius 1 is 1.57 bits per heavy atom. The van der Waals surface area contributed by atoms with E-state index in [0.29, 0.717) is 6.61 Å². The Morgan fingerprint density at radius 3 is 2.79 bits per heavy atom. The van der Waals surface area contributed by atoms with Gasteiger partial charge in [0.2, 0.25) is 0 Å². The first-order chi connectivity index (χ1) is 6.54. The molecule has 1 aliphatic heterocycles. The normalized spacial score (nSPS) is 31.9. The summed E-state index contributed by atoms with van der Waals surface area (Å²) < 4.78 is 5.64. The minimum Gasteiger partial charge on any atom is -0.411 e. The van der Waals surface area contributed by atoms with Crippen LogP contribution in [0.4, 0.5) is 0 Å². The molecule has 14 heavy (non-hydrogen) atoms. The number of rotatable bonds is 3. The molecular weight excluding hydrogens is 178 g/mol. The van der Waals surface area contributed by atoms with Gasteiger partial charge in [-0.15, -0.1) is 11.7 Å². The first-order valence-corrected chi connectivity index (χ1v) is 4.97. The fourth-order valence-electron chi connectivity index (χ4n) is 2.26. The molecule has 1 saturated heterocycles. The maximum Gasteiger partial charge on any atom is 0.0635 e. The third kappa shape index (κ3) is 2.58. The highest BCUT2D eigenvalue weighted by Crippen LogP contribution is 2.40. The van der Waals surface area contributed by atoms with Crippen LogP contribution >= 0.6 is 0 Å². The van der Waals surface area contributed by atoms with Crippen LogP contribution in [-0.2, 0) is 4.74 Å². The van der Waals surface area contributed by atoms with E-state index in [4.69, 9.17) is 9.94 Å². The van der Waals surface area contributed by atoms with Crippen LogP contribution in [0.1, 0.15) is 33.1 Å². The highest BCUT2D eigenvalue weighted by atomic mass is 16.5. The zero-order valence-electron chi connectivity index (χ0n) is 8.99. The molecule has 1 fully saturated rings. The van der Waals surface area contributed by atoms with Gasteiger partial charge in [-0.05, 0) is 33.1 Å². The molecule has 1 heterocycles. The fourth-order valence-corrected chi connectivity index (χ4v) is 2.26. The van der Waals surface area contributed by atoms with E-state index < -0.39 is 0 Å². The molecule has 0 aromatic heterocycles. The second-order valence-electron chi connectivity index (χ2n) is 4.63. The van der Waals surface area contributed by atoms with Crippen LogP contribution in [0.2, 0.25) is 0 Å². The van der Waals surface area contributed by atoms with E-state index in [1.165, 1.54) is 0 Å². The van der Waals surface area contributed by atoms with E-state index in [0.717, 1.165) is 19.3 Å². The molecule has 1 aliphatic rings. The highest BCUT2D eigenvalue weighted by molar-refractivity contribution is 5.65. The Bertz CT molecular complexity index is 235. The summed E-state index contributed by atoms with van der Waals surface area (Å²) in [5, 5.41) is 11.9. The van der Waals surface area contributed by atoms with Gasteiger partial charge in [-0.1, -0.05) is 6.08 Å². The van der Waals surface area contributed by atoms with Gasteiger partial charge in [-0.2, -0.15) is 0 Å². The summed E-state index contributed by atoms with van der Waals surface area (Å²) in [5.41, 5.74) is -0.208. The maximum atomic E-state index is 8.67. The van der Waals surface area contributed by atoms with Gasteiger partial charge in [-0.25, -0.2) is 0 Å². The lowest BCUT2D eigenvalue weighted by atomic mass is 9.72. The predicted molar refractivity (Wildman–Crippen MR) is 56.8 cm³/mol. The van der Waals surface area contributed by atoms with Crippen molar-refractivity contribution in [1.29, 1.82) is 0 Å². The summed E-state index contributed by atoms with van der Waals surface area (Å²) in [7, 11) is 0. The quantitative estimate of drug-likeness (QED) is 0.327. The molecule has 1 atom stereocenters. The fraction of sp³-hybridized carbons (Fsp3) is 0.727. The minimum absolute atomic E-state index is 0.0712. The molecule has 0 spiro atoms. The SMILES string of the molecule is C=CC[C@]1(/C=N\O)CCOC(C)(C)C1. The number of oxime groups is 1. The van der Waals surface area contributed by atoms with E-state index in [2.05, 4.69) is 25.6 Å². The molecule has 0 bridgehead atoms. The van der Waals surface area contributed by atoms with Crippen molar-refractivity contribution in [1.82, 2.24) is 0 Å². The number of hydrogen-bond donors (Lipinski definition) is 1. The van der Waals surface area contributed by atoms with Gasteiger partial charge in [0.05, 0.1) is 11.8 Å². The topological polar surface area (TPSA) is 41.8 Å². The van der Waals surface area contributed by atoms with E-state index in [9.17, 15) is 0 Å². The molecule has 0 aromatic rings. The van der Waals surface area contributed by atoms with Gasteiger partial charge >= 0.3 is 0 Å². The van der Waals surface area contributed by atoms with Crippen molar-refractivity contribution >= 4 is 6.21 Å². The van der Waals surface area contributed by atoms with Gasteiger partial charge in [0, 0.05) is 12.0 Å². The summed E-state index contributed by atoms with van der Waals surface area (Å²) in [5.74, 6) is 0. The molecule has 1 rings (SSSR count). The third-order valence-electron chi connectivity index (χ3n) is 2.75. The van der Waals surface area contributed by atoms with Gasteiger partial charge in [0.15, 0.2) is 0 Å². The Kier molecular flexibility index (Phi) is 3.32. The first-order valence-electron chi connectivity index (χ1n) is 4.97. The Labute approximate surface area is 85.5 Å². The standard InChI is InChI=1S/C11H19NO2/c1-4-5-11(9-12-13)6-7-14-10(2,3)8-11/h4,9,13H,1,5-8H2,2-3H3/b12-9-/t11-/m0/s1. The Hall–Kier alpha value is -0.830. The van der Waals surface area contributed by atoms with Crippen LogP contribution in [0.3, 0.4) is 0 Å². The zero-order chi connectivity index (χ0) is 10.7. The van der Waals surface area contributed by atoms with Crippen molar-refractivity contribution in [3.8, 4) is 0 Å². The van der Waals surface area contributed by atoms with Crippen LogP contribution in [0.25, 0.3) is 0 Å². The predicted octanol–water partition coefficient (Wildman–Crippen LogP) is 2.60. The van der Waals surface area contributed by atoms with E-state index in [1.807, 2.05) is 6.08 Å². The molecule has 3 nitrogen and oxygen atoms in total.